The molecule has 2 aromatic carbocycles. The van der Waals surface area contributed by atoms with Crippen molar-refractivity contribution in [2.45, 2.75) is 17.9 Å². The average molecular weight is 461 g/mol. The van der Waals surface area contributed by atoms with Crippen molar-refractivity contribution in [3.05, 3.63) is 54.1 Å². The lowest BCUT2D eigenvalue weighted by Gasteiger charge is -2.31. The average Bonchev–Trinajstić information content (AvgIpc) is 2.82. The maximum Gasteiger partial charge on any atom is 0.253 e. The first-order chi connectivity index (χ1) is 15.2. The van der Waals surface area contributed by atoms with Gasteiger partial charge in [-0.1, -0.05) is 18.2 Å². The number of nitrogens with one attached hydrogen (secondary N) is 1. The summed E-state index contributed by atoms with van der Waals surface area (Å²) in [5.41, 5.74) is 2.12. The van der Waals surface area contributed by atoms with E-state index in [0.717, 1.165) is 9.99 Å². The standard InChI is InChI=1S/C23H32N4O4S/c1-18(26(4)19-8-6-5-7-9-19)17-24-23(28)21-16-20(32(29,30)25(2)3)10-11-22(21)27-12-14-31-15-13-27/h5-11,16,18H,12-15,17H2,1-4H3,(H,24,28). The largest absolute Gasteiger partial charge is 0.378 e. The molecule has 2 aromatic rings. The molecule has 0 radical (unpaired) electrons. The van der Waals surface area contributed by atoms with Crippen LogP contribution in [0.5, 0.6) is 0 Å². The van der Waals surface area contributed by atoms with Crippen molar-refractivity contribution in [2.24, 2.45) is 0 Å². The van der Waals surface area contributed by atoms with Crippen LogP contribution < -0.4 is 15.1 Å². The van der Waals surface area contributed by atoms with Crippen LogP contribution in [0.2, 0.25) is 0 Å². The monoisotopic (exact) mass is 460 g/mol. The lowest BCUT2D eigenvalue weighted by molar-refractivity contribution is 0.0950. The lowest BCUT2D eigenvalue weighted by atomic mass is 10.1. The molecule has 3 rings (SSSR count). The van der Waals surface area contributed by atoms with Gasteiger partial charge in [-0.15, -0.1) is 0 Å². The minimum absolute atomic E-state index is 0.0434. The molecule has 9 heteroatoms. The molecule has 1 atom stereocenters. The van der Waals surface area contributed by atoms with Gasteiger partial charge in [-0.05, 0) is 37.3 Å². The van der Waals surface area contributed by atoms with Gasteiger partial charge in [-0.2, -0.15) is 0 Å². The van der Waals surface area contributed by atoms with Crippen LogP contribution in [0.4, 0.5) is 11.4 Å². The summed E-state index contributed by atoms with van der Waals surface area (Å²) < 4.78 is 31.9. The molecule has 8 nitrogen and oxygen atoms in total. The number of morpholine rings is 1. The highest BCUT2D eigenvalue weighted by Gasteiger charge is 2.24. The number of ether oxygens (including phenoxy) is 1. The van der Waals surface area contributed by atoms with E-state index in [0.29, 0.717) is 44.1 Å². The molecule has 0 aliphatic carbocycles. The number of amides is 1. The molecule has 1 aliphatic heterocycles. The Morgan fingerprint density at radius 2 is 1.75 bits per heavy atom. The summed E-state index contributed by atoms with van der Waals surface area (Å²) >= 11 is 0. The Morgan fingerprint density at radius 1 is 1.09 bits per heavy atom. The lowest BCUT2D eigenvalue weighted by Crippen LogP contribution is -2.41. The topological polar surface area (TPSA) is 82.2 Å². The van der Waals surface area contributed by atoms with Gasteiger partial charge in [0.25, 0.3) is 5.91 Å². The van der Waals surface area contributed by atoms with Crippen molar-refractivity contribution in [3.8, 4) is 0 Å². The first-order valence-electron chi connectivity index (χ1n) is 10.7. The van der Waals surface area contributed by atoms with Crippen molar-refractivity contribution in [2.75, 3.05) is 63.8 Å². The van der Waals surface area contributed by atoms with Crippen LogP contribution in [0.15, 0.2) is 53.4 Å². The third-order valence-corrected chi connectivity index (χ3v) is 7.54. The summed E-state index contributed by atoms with van der Waals surface area (Å²) in [7, 11) is 1.28. The highest BCUT2D eigenvalue weighted by atomic mass is 32.2. The number of nitrogens with zero attached hydrogens (tertiary/aromatic N) is 3. The summed E-state index contributed by atoms with van der Waals surface area (Å²) in [6.45, 7) is 4.87. The van der Waals surface area contributed by atoms with Gasteiger partial charge < -0.3 is 19.9 Å². The normalized spacial score (nSPS) is 15.5. The number of carbonyl (C=O) groups is 1. The van der Waals surface area contributed by atoms with Gasteiger partial charge in [-0.25, -0.2) is 12.7 Å². The van der Waals surface area contributed by atoms with E-state index < -0.39 is 10.0 Å². The van der Waals surface area contributed by atoms with Gasteiger partial charge in [-0.3, -0.25) is 4.79 Å². The molecule has 1 saturated heterocycles. The maximum absolute atomic E-state index is 13.2. The van der Waals surface area contributed by atoms with Gasteiger partial charge >= 0.3 is 0 Å². The van der Waals surface area contributed by atoms with Crippen LogP contribution in [-0.4, -0.2) is 78.7 Å². The number of hydrogen-bond donors (Lipinski definition) is 1. The van der Waals surface area contributed by atoms with E-state index in [1.165, 1.54) is 20.2 Å². The quantitative estimate of drug-likeness (QED) is 0.649. The molecule has 0 bridgehead atoms. The summed E-state index contributed by atoms with van der Waals surface area (Å²) in [5.74, 6) is -0.296. The second-order valence-electron chi connectivity index (χ2n) is 8.07. The predicted octanol–water partition coefficient (Wildman–Crippen LogP) is 2.03. The van der Waals surface area contributed by atoms with Crippen LogP contribution in [0.25, 0.3) is 0 Å². The van der Waals surface area contributed by atoms with Crippen molar-refractivity contribution in [1.82, 2.24) is 9.62 Å². The van der Waals surface area contributed by atoms with E-state index in [9.17, 15) is 13.2 Å². The Bertz CT molecular complexity index is 1020. The predicted molar refractivity (Wildman–Crippen MR) is 127 cm³/mol. The zero-order valence-corrected chi connectivity index (χ0v) is 19.9. The minimum Gasteiger partial charge on any atom is -0.378 e. The number of anilines is 2. The number of para-hydroxylation sites is 1. The molecule has 1 aliphatic rings. The van der Waals surface area contributed by atoms with Gasteiger partial charge in [0.1, 0.15) is 0 Å². The fourth-order valence-corrected chi connectivity index (χ4v) is 4.47. The maximum atomic E-state index is 13.2. The van der Waals surface area contributed by atoms with E-state index in [2.05, 4.69) is 15.1 Å². The summed E-state index contributed by atoms with van der Waals surface area (Å²) in [4.78, 5) is 17.5. The van der Waals surface area contributed by atoms with Crippen LogP contribution in [-0.2, 0) is 14.8 Å². The summed E-state index contributed by atoms with van der Waals surface area (Å²) in [6.07, 6.45) is 0. The van der Waals surface area contributed by atoms with Crippen molar-refractivity contribution in [3.63, 3.8) is 0 Å². The molecule has 1 heterocycles. The molecule has 1 unspecified atom stereocenters. The Kier molecular flexibility index (Phi) is 7.76. The molecule has 1 N–H and O–H groups in total. The molecule has 174 valence electrons. The second kappa shape index (κ2) is 10.3. The number of rotatable bonds is 8. The number of benzene rings is 2. The molecule has 1 fully saturated rings. The molecule has 0 saturated carbocycles. The first-order valence-corrected chi connectivity index (χ1v) is 12.1. The van der Waals surface area contributed by atoms with Crippen molar-refractivity contribution < 1.29 is 17.9 Å². The van der Waals surface area contributed by atoms with E-state index >= 15 is 0 Å². The highest BCUT2D eigenvalue weighted by Crippen LogP contribution is 2.26. The van der Waals surface area contributed by atoms with Gasteiger partial charge in [0.2, 0.25) is 10.0 Å². The highest BCUT2D eigenvalue weighted by molar-refractivity contribution is 7.89. The zero-order chi connectivity index (χ0) is 23.3. The Hall–Kier alpha value is -2.62. The van der Waals surface area contributed by atoms with E-state index in [1.807, 2.05) is 44.3 Å². The summed E-state index contributed by atoms with van der Waals surface area (Å²) in [6, 6.07) is 14.7. The van der Waals surface area contributed by atoms with Crippen molar-refractivity contribution in [1.29, 1.82) is 0 Å². The second-order valence-corrected chi connectivity index (χ2v) is 10.2. The molecular weight excluding hydrogens is 428 g/mol. The van der Waals surface area contributed by atoms with Crippen LogP contribution in [0, 0.1) is 0 Å². The summed E-state index contributed by atoms with van der Waals surface area (Å²) in [5, 5.41) is 2.99. The molecular formula is C23H32N4O4S. The number of likely N-dealkylation sites (N-methyl/N-ethyl adjacent to an activating group) is 1. The molecule has 0 aromatic heterocycles. The fourth-order valence-electron chi connectivity index (χ4n) is 3.54. The Labute approximate surface area is 190 Å². The number of sulfonamides is 1. The third kappa shape index (κ3) is 5.40. The molecule has 1 amide bonds. The third-order valence-electron chi connectivity index (χ3n) is 5.73. The van der Waals surface area contributed by atoms with Crippen LogP contribution in [0.1, 0.15) is 17.3 Å². The van der Waals surface area contributed by atoms with Gasteiger partial charge in [0, 0.05) is 58.2 Å². The van der Waals surface area contributed by atoms with E-state index in [-0.39, 0.29) is 16.8 Å². The zero-order valence-electron chi connectivity index (χ0n) is 19.1. The molecule has 0 spiro atoms. The van der Waals surface area contributed by atoms with E-state index in [1.54, 1.807) is 12.1 Å². The fraction of sp³-hybridized carbons (Fsp3) is 0.435. The van der Waals surface area contributed by atoms with Crippen molar-refractivity contribution >= 4 is 27.3 Å². The number of hydrogen-bond acceptors (Lipinski definition) is 6. The van der Waals surface area contributed by atoms with Crippen LogP contribution in [0.3, 0.4) is 0 Å². The first kappa shape index (κ1) is 24.0. The van der Waals surface area contributed by atoms with Gasteiger partial charge in [0.05, 0.1) is 23.7 Å². The van der Waals surface area contributed by atoms with Crippen LogP contribution >= 0.6 is 0 Å². The molecule has 32 heavy (non-hydrogen) atoms. The van der Waals surface area contributed by atoms with Gasteiger partial charge in [0.15, 0.2) is 0 Å². The van der Waals surface area contributed by atoms with E-state index in [4.69, 9.17) is 4.74 Å². The Balaban J connectivity index is 1.83. The minimum atomic E-state index is -3.66. The smallest absolute Gasteiger partial charge is 0.253 e. The Morgan fingerprint density at radius 3 is 2.38 bits per heavy atom. The SMILES string of the molecule is CC(CNC(=O)c1cc(S(=O)(=O)N(C)C)ccc1N1CCOCC1)N(C)c1ccccc1. The number of carbonyl (C=O) groups excluding carboxylic acids is 1.